The largest absolute Gasteiger partial charge is 0.462 e. The summed E-state index contributed by atoms with van der Waals surface area (Å²) in [5.74, 6) is -1.25. The summed E-state index contributed by atoms with van der Waals surface area (Å²) in [6.45, 7) is 3.69. The van der Waals surface area contributed by atoms with E-state index in [1.54, 1.807) is 31.2 Å². The Bertz CT molecular complexity index is 945. The van der Waals surface area contributed by atoms with Gasteiger partial charge < -0.3 is 20.5 Å². The van der Waals surface area contributed by atoms with Gasteiger partial charge in [-0.15, -0.1) is 0 Å². The smallest absolute Gasteiger partial charge is 0.341 e. The van der Waals surface area contributed by atoms with E-state index in [0.717, 1.165) is 0 Å². The van der Waals surface area contributed by atoms with Gasteiger partial charge in [-0.1, -0.05) is 25.1 Å². The van der Waals surface area contributed by atoms with Crippen LogP contribution in [-0.4, -0.2) is 24.3 Å². The molecule has 1 aromatic carbocycles. The summed E-state index contributed by atoms with van der Waals surface area (Å²) in [6.07, 6.45) is 0.741. The topological polar surface area (TPSA) is 108 Å². The molecule has 2 atom stereocenters. The van der Waals surface area contributed by atoms with Gasteiger partial charge in [0.05, 0.1) is 12.2 Å². The molecule has 140 valence electrons. The molecule has 7 heteroatoms. The van der Waals surface area contributed by atoms with E-state index in [0.29, 0.717) is 23.4 Å². The molecule has 0 fully saturated rings. The number of benzene rings is 1. The van der Waals surface area contributed by atoms with Crippen LogP contribution < -0.4 is 11.1 Å². The molecule has 1 aliphatic carbocycles. The highest BCUT2D eigenvalue weighted by atomic mass is 16.5. The van der Waals surface area contributed by atoms with Gasteiger partial charge in [0.2, 0.25) is 11.8 Å². The number of amides is 1. The number of fused-ring (bicyclic) bond motifs is 3. The Morgan fingerprint density at radius 3 is 2.81 bits per heavy atom. The third kappa shape index (κ3) is 2.24. The summed E-state index contributed by atoms with van der Waals surface area (Å²) in [4.78, 5) is 39.2. The molecule has 0 saturated carbocycles. The second-order valence-electron chi connectivity index (χ2n) is 7.05. The van der Waals surface area contributed by atoms with Crippen molar-refractivity contribution < 1.29 is 23.9 Å². The van der Waals surface area contributed by atoms with Crippen molar-refractivity contribution in [1.29, 1.82) is 0 Å². The highest BCUT2D eigenvalue weighted by Gasteiger charge is 2.61. The van der Waals surface area contributed by atoms with Gasteiger partial charge in [0.15, 0.2) is 5.78 Å². The number of Topliss-reactive ketones (excluding diaryl/α,β-unsaturated/α-hetero) is 1. The maximum atomic E-state index is 13.3. The first-order valence-corrected chi connectivity index (χ1v) is 8.94. The minimum absolute atomic E-state index is 0.0601. The number of rotatable bonds is 2. The van der Waals surface area contributed by atoms with Gasteiger partial charge in [0, 0.05) is 24.1 Å². The molecule has 0 unspecified atom stereocenters. The monoisotopic (exact) mass is 368 g/mol. The van der Waals surface area contributed by atoms with Crippen LogP contribution in [0.25, 0.3) is 0 Å². The highest BCUT2D eigenvalue weighted by Crippen LogP contribution is 2.54. The predicted octanol–water partition coefficient (Wildman–Crippen LogP) is 1.89. The van der Waals surface area contributed by atoms with Crippen LogP contribution in [0, 0.1) is 5.92 Å². The Labute approximate surface area is 156 Å². The Kier molecular flexibility index (Phi) is 3.83. The van der Waals surface area contributed by atoms with E-state index in [2.05, 4.69) is 5.32 Å². The van der Waals surface area contributed by atoms with Crippen molar-refractivity contribution in [3.8, 4) is 0 Å². The van der Waals surface area contributed by atoms with Crippen LogP contribution >= 0.6 is 0 Å². The quantitative estimate of drug-likeness (QED) is 0.772. The van der Waals surface area contributed by atoms with Crippen molar-refractivity contribution >= 4 is 23.3 Å². The lowest BCUT2D eigenvalue weighted by Gasteiger charge is -2.39. The predicted molar refractivity (Wildman–Crippen MR) is 96.1 cm³/mol. The number of esters is 1. The number of ether oxygens (including phenoxy) is 2. The fourth-order valence-electron chi connectivity index (χ4n) is 4.28. The van der Waals surface area contributed by atoms with Gasteiger partial charge in [0.1, 0.15) is 16.7 Å². The third-order valence-corrected chi connectivity index (χ3v) is 5.25. The minimum atomic E-state index is -1.64. The Balaban J connectivity index is 2.06. The standard InChI is InChI=1S/C20H20N2O5/c1-3-26-18(24)16-17(21)27-14-9-10(2)8-13(23)15(14)20(16)11-6-4-5-7-12(11)22-19(20)25/h4-7,10H,3,8-9,21H2,1-2H3,(H,22,25)/t10-,20-/m0/s1. The second-order valence-corrected chi connectivity index (χ2v) is 7.05. The van der Waals surface area contributed by atoms with Crippen molar-refractivity contribution in [3.63, 3.8) is 0 Å². The first-order valence-electron chi connectivity index (χ1n) is 8.94. The van der Waals surface area contributed by atoms with Crippen LogP contribution in [0.3, 0.4) is 0 Å². The van der Waals surface area contributed by atoms with Crippen LogP contribution in [0.1, 0.15) is 32.3 Å². The molecule has 0 saturated heterocycles. The van der Waals surface area contributed by atoms with Gasteiger partial charge in [-0.2, -0.15) is 0 Å². The highest BCUT2D eigenvalue weighted by molar-refractivity contribution is 6.22. The Hall–Kier alpha value is -3.09. The average molecular weight is 368 g/mol. The van der Waals surface area contributed by atoms with Crippen molar-refractivity contribution in [2.24, 2.45) is 11.7 Å². The summed E-state index contributed by atoms with van der Waals surface area (Å²) < 4.78 is 10.9. The summed E-state index contributed by atoms with van der Waals surface area (Å²) in [5, 5.41) is 2.79. The minimum Gasteiger partial charge on any atom is -0.462 e. The molecule has 2 aliphatic heterocycles. The molecule has 0 radical (unpaired) electrons. The molecule has 0 aromatic heterocycles. The lowest BCUT2D eigenvalue weighted by Crippen LogP contribution is -2.49. The SMILES string of the molecule is CCOC(=O)C1=C(N)OC2=C(C(=O)C[C@H](C)C2)[C@]12C(=O)Nc1ccccc12. The molecular formula is C20H20N2O5. The van der Waals surface area contributed by atoms with Crippen molar-refractivity contribution in [2.45, 2.75) is 32.1 Å². The first kappa shape index (κ1) is 17.3. The average Bonchev–Trinajstić information content (AvgIpc) is 2.87. The number of hydrogen-bond donors (Lipinski definition) is 2. The molecule has 2 heterocycles. The lowest BCUT2D eigenvalue weighted by atomic mass is 9.64. The zero-order valence-electron chi connectivity index (χ0n) is 15.1. The number of para-hydroxylation sites is 1. The van der Waals surface area contributed by atoms with E-state index < -0.39 is 17.3 Å². The van der Waals surface area contributed by atoms with Crippen LogP contribution in [0.15, 0.2) is 47.1 Å². The third-order valence-electron chi connectivity index (χ3n) is 5.25. The second kappa shape index (κ2) is 5.97. The number of carbonyl (C=O) groups is 3. The lowest BCUT2D eigenvalue weighted by molar-refractivity contribution is -0.141. The number of ketones is 1. The molecule has 4 rings (SSSR count). The molecular weight excluding hydrogens is 348 g/mol. The molecule has 1 amide bonds. The van der Waals surface area contributed by atoms with Crippen molar-refractivity contribution in [2.75, 3.05) is 11.9 Å². The number of nitrogens with two attached hydrogens (primary N) is 1. The molecule has 7 nitrogen and oxygen atoms in total. The molecule has 1 spiro atoms. The summed E-state index contributed by atoms with van der Waals surface area (Å²) >= 11 is 0. The number of hydrogen-bond acceptors (Lipinski definition) is 6. The maximum absolute atomic E-state index is 13.3. The van der Waals surface area contributed by atoms with Gasteiger partial charge >= 0.3 is 5.97 Å². The maximum Gasteiger partial charge on any atom is 0.341 e. The molecule has 3 aliphatic rings. The van der Waals surface area contributed by atoms with Crippen LogP contribution in [-0.2, 0) is 29.3 Å². The molecule has 1 aromatic rings. The van der Waals surface area contributed by atoms with Crippen molar-refractivity contribution in [3.05, 3.63) is 52.6 Å². The summed E-state index contributed by atoms with van der Waals surface area (Å²) in [6, 6.07) is 6.98. The number of allylic oxidation sites excluding steroid dienone is 1. The molecule has 3 N–H and O–H groups in total. The summed E-state index contributed by atoms with van der Waals surface area (Å²) in [7, 11) is 0. The van der Waals surface area contributed by atoms with Crippen LogP contribution in [0.2, 0.25) is 0 Å². The van der Waals surface area contributed by atoms with Gasteiger partial charge in [-0.05, 0) is 18.9 Å². The van der Waals surface area contributed by atoms with E-state index in [9.17, 15) is 14.4 Å². The number of carbonyl (C=O) groups excluding carboxylic acids is 3. The normalized spacial score (nSPS) is 26.5. The Morgan fingerprint density at radius 1 is 1.33 bits per heavy atom. The zero-order chi connectivity index (χ0) is 19.3. The van der Waals surface area contributed by atoms with Gasteiger partial charge in [-0.25, -0.2) is 4.79 Å². The van der Waals surface area contributed by atoms with E-state index in [1.165, 1.54) is 0 Å². The van der Waals surface area contributed by atoms with Gasteiger partial charge in [-0.3, -0.25) is 9.59 Å². The molecule has 27 heavy (non-hydrogen) atoms. The first-order chi connectivity index (χ1) is 12.9. The van der Waals surface area contributed by atoms with Crippen molar-refractivity contribution in [1.82, 2.24) is 0 Å². The zero-order valence-corrected chi connectivity index (χ0v) is 15.1. The van der Waals surface area contributed by atoms with E-state index in [-0.39, 0.29) is 41.8 Å². The molecule has 0 bridgehead atoms. The Morgan fingerprint density at radius 2 is 2.07 bits per heavy atom. The van der Waals surface area contributed by atoms with Crippen LogP contribution in [0.4, 0.5) is 5.69 Å². The summed E-state index contributed by atoms with van der Waals surface area (Å²) in [5.41, 5.74) is 5.59. The van der Waals surface area contributed by atoms with E-state index in [1.807, 2.05) is 6.92 Å². The fraction of sp³-hybridized carbons (Fsp3) is 0.350. The fourth-order valence-corrected chi connectivity index (χ4v) is 4.28. The van der Waals surface area contributed by atoms with E-state index >= 15 is 0 Å². The van der Waals surface area contributed by atoms with Gasteiger partial charge in [0.25, 0.3) is 0 Å². The number of anilines is 1. The van der Waals surface area contributed by atoms with Crippen LogP contribution in [0.5, 0.6) is 0 Å². The number of nitrogens with one attached hydrogen (secondary N) is 1. The van der Waals surface area contributed by atoms with E-state index in [4.69, 9.17) is 15.2 Å².